The third kappa shape index (κ3) is 5.29. The van der Waals surface area contributed by atoms with Crippen LogP contribution in [0.15, 0.2) is 36.4 Å². The van der Waals surface area contributed by atoms with Crippen LogP contribution in [0.3, 0.4) is 0 Å². The monoisotopic (exact) mass is 368 g/mol. The third-order valence-electron chi connectivity index (χ3n) is 3.31. The van der Waals surface area contributed by atoms with Crippen LogP contribution in [0.5, 0.6) is 0 Å². The van der Waals surface area contributed by atoms with Gasteiger partial charge in [0, 0.05) is 21.4 Å². The summed E-state index contributed by atoms with van der Waals surface area (Å²) in [5.41, 5.74) is -0.0824. The summed E-state index contributed by atoms with van der Waals surface area (Å²) in [7, 11) is 0. The first kappa shape index (κ1) is 18.9. The molecule has 25 heavy (non-hydrogen) atoms. The predicted molar refractivity (Wildman–Crippen MR) is 89.6 cm³/mol. The summed E-state index contributed by atoms with van der Waals surface area (Å²) in [6, 6.07) is 6.28. The van der Waals surface area contributed by atoms with Crippen LogP contribution in [0.1, 0.15) is 31.2 Å². The molecule has 0 radical (unpaired) electrons. The van der Waals surface area contributed by atoms with Gasteiger partial charge in [0.25, 0.3) is 0 Å². The molecular weight excluding hydrogens is 353 g/mol. The van der Waals surface area contributed by atoms with Gasteiger partial charge in [0.1, 0.15) is 0 Å². The topological polar surface area (TPSA) is 43.4 Å². The normalized spacial score (nSPS) is 11.7. The third-order valence-corrected chi connectivity index (χ3v) is 4.28. The van der Waals surface area contributed by atoms with E-state index in [4.69, 9.17) is 4.74 Å². The highest BCUT2D eigenvalue weighted by Gasteiger charge is 2.30. The molecule has 0 atom stereocenters. The molecule has 2 aromatic rings. The molecule has 0 saturated carbocycles. The number of aryl methyl sites for hydroxylation is 2. The fraction of sp³-hybridized carbons (Fsp3) is 0.222. The lowest BCUT2D eigenvalue weighted by Crippen LogP contribution is -2.12. The summed E-state index contributed by atoms with van der Waals surface area (Å²) in [5, 5.41) is 0. The number of esters is 1. The number of ketones is 1. The van der Waals surface area contributed by atoms with E-state index in [0.29, 0.717) is 5.56 Å². The van der Waals surface area contributed by atoms with Gasteiger partial charge in [-0.15, -0.1) is 11.3 Å². The highest BCUT2D eigenvalue weighted by molar-refractivity contribution is 7.12. The quantitative estimate of drug-likeness (QED) is 0.432. The number of thiophene rings is 1. The standard InChI is InChI=1S/C18H15F3O3S/c1-11-8-15(12(2)25-11)16(22)10-24-17(23)7-6-13-4-3-5-14(9-13)18(19,20)21/h3-9H,10H2,1-2H3/b7-6+. The lowest BCUT2D eigenvalue weighted by molar-refractivity contribution is -0.138. The number of carbonyl (C=O) groups is 2. The minimum atomic E-state index is -4.45. The largest absolute Gasteiger partial charge is 0.454 e. The molecule has 7 heteroatoms. The first-order valence-corrected chi connectivity index (χ1v) is 8.11. The van der Waals surface area contributed by atoms with Crippen molar-refractivity contribution < 1.29 is 27.5 Å². The smallest absolute Gasteiger partial charge is 0.416 e. The summed E-state index contributed by atoms with van der Waals surface area (Å²) in [6.07, 6.45) is -2.25. The van der Waals surface area contributed by atoms with E-state index < -0.39 is 24.3 Å². The average molecular weight is 368 g/mol. The first-order valence-electron chi connectivity index (χ1n) is 7.29. The van der Waals surface area contributed by atoms with Gasteiger partial charge in [-0.3, -0.25) is 4.79 Å². The molecular formula is C18H15F3O3S. The van der Waals surface area contributed by atoms with Crippen molar-refractivity contribution in [2.75, 3.05) is 6.61 Å². The van der Waals surface area contributed by atoms with Gasteiger partial charge in [0.15, 0.2) is 6.61 Å². The Bertz CT molecular complexity index is 819. The van der Waals surface area contributed by atoms with Gasteiger partial charge in [-0.1, -0.05) is 12.1 Å². The van der Waals surface area contributed by atoms with Crippen LogP contribution in [0, 0.1) is 13.8 Å². The molecule has 0 bridgehead atoms. The molecule has 2 rings (SSSR count). The lowest BCUT2D eigenvalue weighted by atomic mass is 10.1. The van der Waals surface area contributed by atoms with Crippen molar-refractivity contribution in [2.24, 2.45) is 0 Å². The molecule has 0 N–H and O–H groups in total. The Morgan fingerprint density at radius 2 is 1.92 bits per heavy atom. The van der Waals surface area contributed by atoms with Crippen LogP contribution in [-0.2, 0) is 15.7 Å². The van der Waals surface area contributed by atoms with Crippen molar-refractivity contribution in [1.29, 1.82) is 0 Å². The molecule has 0 aliphatic rings. The Balaban J connectivity index is 1.95. The summed E-state index contributed by atoms with van der Waals surface area (Å²) in [5.74, 6) is -1.11. The number of Topliss-reactive ketones (excluding diaryl/α,β-unsaturated/α-hetero) is 1. The first-order chi connectivity index (χ1) is 11.7. The Morgan fingerprint density at radius 3 is 2.52 bits per heavy atom. The summed E-state index contributed by atoms with van der Waals surface area (Å²) in [6.45, 7) is 3.27. The van der Waals surface area contributed by atoms with E-state index in [0.717, 1.165) is 28.0 Å². The molecule has 0 amide bonds. The number of ether oxygens (including phenoxy) is 1. The second-order valence-corrected chi connectivity index (χ2v) is 6.77. The number of hydrogen-bond acceptors (Lipinski definition) is 4. The molecule has 132 valence electrons. The SMILES string of the molecule is Cc1cc(C(=O)COC(=O)/C=C/c2cccc(C(F)(F)F)c2)c(C)s1. The predicted octanol–water partition coefficient (Wildman–Crippen LogP) is 4.82. The van der Waals surface area contributed by atoms with Gasteiger partial charge in [-0.05, 0) is 43.7 Å². The molecule has 1 aromatic heterocycles. The molecule has 0 unspecified atom stereocenters. The van der Waals surface area contributed by atoms with Gasteiger partial charge in [0.2, 0.25) is 5.78 Å². The number of rotatable bonds is 5. The average Bonchev–Trinajstić information content (AvgIpc) is 2.88. The van der Waals surface area contributed by atoms with E-state index in [1.165, 1.54) is 29.5 Å². The molecule has 0 aliphatic carbocycles. The minimum absolute atomic E-state index is 0.211. The second kappa shape index (κ2) is 7.65. The van der Waals surface area contributed by atoms with E-state index in [2.05, 4.69) is 0 Å². The van der Waals surface area contributed by atoms with E-state index in [1.807, 2.05) is 6.92 Å². The van der Waals surface area contributed by atoms with Gasteiger partial charge >= 0.3 is 12.1 Å². The van der Waals surface area contributed by atoms with Crippen molar-refractivity contribution in [2.45, 2.75) is 20.0 Å². The van der Waals surface area contributed by atoms with E-state index in [1.54, 1.807) is 13.0 Å². The maximum Gasteiger partial charge on any atom is 0.416 e. The van der Waals surface area contributed by atoms with Crippen molar-refractivity contribution in [1.82, 2.24) is 0 Å². The molecule has 3 nitrogen and oxygen atoms in total. The van der Waals surface area contributed by atoms with Gasteiger partial charge in [-0.25, -0.2) is 4.79 Å². The number of hydrogen-bond donors (Lipinski definition) is 0. The minimum Gasteiger partial charge on any atom is -0.454 e. The van der Waals surface area contributed by atoms with Crippen molar-refractivity contribution in [3.05, 3.63) is 62.9 Å². The van der Waals surface area contributed by atoms with Crippen LogP contribution in [0.25, 0.3) is 6.08 Å². The Morgan fingerprint density at radius 1 is 1.20 bits per heavy atom. The fourth-order valence-corrected chi connectivity index (χ4v) is 3.10. The van der Waals surface area contributed by atoms with Crippen LogP contribution in [-0.4, -0.2) is 18.4 Å². The fourth-order valence-electron chi connectivity index (χ4n) is 2.15. The zero-order valence-electron chi connectivity index (χ0n) is 13.5. The zero-order chi connectivity index (χ0) is 18.6. The summed E-state index contributed by atoms with van der Waals surface area (Å²) < 4.78 is 42.7. The van der Waals surface area contributed by atoms with Crippen LogP contribution in [0.4, 0.5) is 13.2 Å². The zero-order valence-corrected chi connectivity index (χ0v) is 14.3. The Hall–Kier alpha value is -2.41. The second-order valence-electron chi connectivity index (χ2n) is 5.31. The number of benzene rings is 1. The summed E-state index contributed by atoms with van der Waals surface area (Å²) >= 11 is 1.48. The summed E-state index contributed by atoms with van der Waals surface area (Å²) in [4.78, 5) is 25.5. The molecule has 0 spiro atoms. The molecule has 1 aromatic carbocycles. The van der Waals surface area contributed by atoms with Gasteiger partial charge in [0.05, 0.1) is 5.56 Å². The van der Waals surface area contributed by atoms with E-state index in [9.17, 15) is 22.8 Å². The van der Waals surface area contributed by atoms with E-state index >= 15 is 0 Å². The Kier molecular flexibility index (Phi) is 5.79. The number of carbonyl (C=O) groups excluding carboxylic acids is 2. The lowest BCUT2D eigenvalue weighted by Gasteiger charge is -2.06. The van der Waals surface area contributed by atoms with Crippen LogP contribution in [0.2, 0.25) is 0 Å². The van der Waals surface area contributed by atoms with E-state index in [-0.39, 0.29) is 11.3 Å². The molecule has 0 saturated heterocycles. The van der Waals surface area contributed by atoms with Crippen molar-refractivity contribution in [3.63, 3.8) is 0 Å². The van der Waals surface area contributed by atoms with Crippen molar-refractivity contribution in [3.8, 4) is 0 Å². The van der Waals surface area contributed by atoms with Gasteiger partial charge in [-0.2, -0.15) is 13.2 Å². The maximum atomic E-state index is 12.6. The van der Waals surface area contributed by atoms with Crippen molar-refractivity contribution >= 4 is 29.2 Å². The highest BCUT2D eigenvalue weighted by Crippen LogP contribution is 2.29. The maximum absolute atomic E-state index is 12.6. The highest BCUT2D eigenvalue weighted by atomic mass is 32.1. The number of alkyl halides is 3. The Labute approximate surface area is 146 Å². The molecule has 0 aliphatic heterocycles. The van der Waals surface area contributed by atoms with Gasteiger partial charge < -0.3 is 4.74 Å². The van der Waals surface area contributed by atoms with Crippen LogP contribution < -0.4 is 0 Å². The molecule has 1 heterocycles. The van der Waals surface area contributed by atoms with Crippen LogP contribution >= 0.6 is 11.3 Å². The molecule has 0 fully saturated rings. The number of halogens is 3.